The number of nitrogen functional groups attached to an aromatic ring is 1. The van der Waals surface area contributed by atoms with E-state index in [-0.39, 0.29) is 5.56 Å². The van der Waals surface area contributed by atoms with Crippen molar-refractivity contribution in [3.05, 3.63) is 107 Å². The fourth-order valence-electron chi connectivity index (χ4n) is 3.58. The zero-order chi connectivity index (χ0) is 21.2. The molecule has 150 valence electrons. The van der Waals surface area contributed by atoms with Crippen LogP contribution in [0.15, 0.2) is 90.1 Å². The van der Waals surface area contributed by atoms with Crippen LogP contribution in [0.5, 0.6) is 0 Å². The van der Waals surface area contributed by atoms with Gasteiger partial charge < -0.3 is 5.73 Å². The molecule has 0 saturated heterocycles. The highest BCUT2D eigenvalue weighted by Gasteiger charge is 2.18. The maximum absolute atomic E-state index is 13.6. The number of hydrogen-bond donors (Lipinski definition) is 1. The molecule has 2 N–H and O–H groups in total. The van der Waals surface area contributed by atoms with Gasteiger partial charge in [-0.1, -0.05) is 36.4 Å². The van der Waals surface area contributed by atoms with Crippen molar-refractivity contribution in [2.75, 3.05) is 5.73 Å². The van der Waals surface area contributed by atoms with Crippen molar-refractivity contribution in [3.63, 3.8) is 0 Å². The Morgan fingerprint density at radius 3 is 2.39 bits per heavy atom. The lowest BCUT2D eigenvalue weighted by Gasteiger charge is -2.15. The summed E-state index contributed by atoms with van der Waals surface area (Å²) in [7, 11) is 0. The highest BCUT2D eigenvalue weighted by atomic mass is 16.1. The fraction of sp³-hybridized carbons (Fsp3) is 0.0417. The lowest BCUT2D eigenvalue weighted by Crippen LogP contribution is -2.26. The minimum atomic E-state index is -0.257. The summed E-state index contributed by atoms with van der Waals surface area (Å²) in [6.07, 6.45) is 5.35. The minimum absolute atomic E-state index is 0.257. The summed E-state index contributed by atoms with van der Waals surface area (Å²) >= 11 is 0. The molecule has 0 amide bonds. The first-order chi connectivity index (χ1) is 15.2. The van der Waals surface area contributed by atoms with Crippen molar-refractivity contribution in [2.24, 2.45) is 0 Å². The van der Waals surface area contributed by atoms with E-state index in [2.05, 4.69) is 19.9 Å². The molecular weight excluding hydrogens is 388 g/mol. The van der Waals surface area contributed by atoms with Crippen LogP contribution in [0.1, 0.15) is 11.3 Å². The van der Waals surface area contributed by atoms with Crippen LogP contribution in [-0.4, -0.2) is 24.5 Å². The van der Waals surface area contributed by atoms with Crippen molar-refractivity contribution < 1.29 is 0 Å². The van der Waals surface area contributed by atoms with Crippen molar-refractivity contribution in [2.45, 2.75) is 6.42 Å². The molecule has 5 rings (SSSR count). The van der Waals surface area contributed by atoms with E-state index in [4.69, 9.17) is 5.73 Å². The van der Waals surface area contributed by atoms with Crippen LogP contribution in [0.4, 0.5) is 5.69 Å². The zero-order valence-corrected chi connectivity index (χ0v) is 16.5. The van der Waals surface area contributed by atoms with Gasteiger partial charge in [-0.3, -0.25) is 9.36 Å². The summed E-state index contributed by atoms with van der Waals surface area (Å²) in [4.78, 5) is 31.2. The summed E-state index contributed by atoms with van der Waals surface area (Å²) in [5.74, 6) is 0.491. The molecule has 0 unspecified atom stereocenters. The van der Waals surface area contributed by atoms with Gasteiger partial charge in [0.25, 0.3) is 5.56 Å². The molecule has 31 heavy (non-hydrogen) atoms. The molecule has 0 fully saturated rings. The number of anilines is 1. The average Bonchev–Trinajstić information content (AvgIpc) is 2.82. The number of para-hydroxylation sites is 1. The molecule has 0 aliphatic rings. The standard InChI is InChI=1S/C24H18N6O/c25-21-17(22-26-13-6-14-27-22)9-4-11-20(21)30-23-18(10-5-12-28-23)29-19(24(30)31)15-16-7-2-1-3-8-16/h1-14H,15,25H2. The van der Waals surface area contributed by atoms with Gasteiger partial charge in [-0.25, -0.2) is 19.9 Å². The van der Waals surface area contributed by atoms with Gasteiger partial charge in [0.05, 0.1) is 11.4 Å². The molecule has 5 aromatic rings. The minimum Gasteiger partial charge on any atom is -0.396 e. The highest BCUT2D eigenvalue weighted by Crippen LogP contribution is 2.29. The summed E-state index contributed by atoms with van der Waals surface area (Å²) in [5, 5.41) is 0. The van der Waals surface area contributed by atoms with E-state index in [0.29, 0.717) is 46.0 Å². The third-order valence-corrected chi connectivity index (χ3v) is 5.03. The van der Waals surface area contributed by atoms with Crippen LogP contribution >= 0.6 is 0 Å². The van der Waals surface area contributed by atoms with Crippen molar-refractivity contribution in [3.8, 4) is 17.1 Å². The van der Waals surface area contributed by atoms with Gasteiger partial charge in [-0.2, -0.15) is 0 Å². The number of nitrogens with zero attached hydrogens (tertiary/aromatic N) is 5. The number of pyridine rings is 1. The predicted molar refractivity (Wildman–Crippen MR) is 120 cm³/mol. The summed E-state index contributed by atoms with van der Waals surface area (Å²) in [6.45, 7) is 0. The number of fused-ring (bicyclic) bond motifs is 1. The van der Waals surface area contributed by atoms with Gasteiger partial charge in [0, 0.05) is 30.6 Å². The van der Waals surface area contributed by atoms with E-state index in [9.17, 15) is 4.79 Å². The van der Waals surface area contributed by atoms with Gasteiger partial charge in [0.15, 0.2) is 11.5 Å². The molecule has 7 nitrogen and oxygen atoms in total. The lowest BCUT2D eigenvalue weighted by atomic mass is 10.1. The maximum Gasteiger partial charge on any atom is 0.278 e. The molecule has 3 aromatic heterocycles. The molecule has 2 aromatic carbocycles. The van der Waals surface area contributed by atoms with E-state index in [0.717, 1.165) is 5.56 Å². The van der Waals surface area contributed by atoms with E-state index in [1.54, 1.807) is 36.8 Å². The molecular formula is C24H18N6O. The van der Waals surface area contributed by atoms with Crippen molar-refractivity contribution in [1.82, 2.24) is 24.5 Å². The van der Waals surface area contributed by atoms with E-state index in [1.807, 2.05) is 48.5 Å². The zero-order valence-electron chi connectivity index (χ0n) is 16.5. The van der Waals surface area contributed by atoms with E-state index >= 15 is 0 Å². The highest BCUT2D eigenvalue weighted by molar-refractivity contribution is 5.82. The quantitative estimate of drug-likeness (QED) is 0.459. The van der Waals surface area contributed by atoms with E-state index < -0.39 is 0 Å². The summed E-state index contributed by atoms with van der Waals surface area (Å²) < 4.78 is 1.53. The molecule has 3 heterocycles. The molecule has 0 atom stereocenters. The van der Waals surface area contributed by atoms with Gasteiger partial charge in [-0.05, 0) is 35.9 Å². The van der Waals surface area contributed by atoms with Crippen molar-refractivity contribution >= 4 is 16.9 Å². The SMILES string of the molecule is Nc1c(-c2ncccn2)cccc1-n1c(=O)c(Cc2ccccc2)nc2cccnc21. The Morgan fingerprint density at radius 1 is 0.806 bits per heavy atom. The first-order valence-corrected chi connectivity index (χ1v) is 9.79. The molecule has 0 aliphatic heterocycles. The second-order valence-corrected chi connectivity index (χ2v) is 7.02. The normalized spacial score (nSPS) is 11.0. The van der Waals surface area contributed by atoms with Crippen molar-refractivity contribution in [1.29, 1.82) is 0 Å². The maximum atomic E-state index is 13.6. The third-order valence-electron chi connectivity index (χ3n) is 5.03. The topological polar surface area (TPSA) is 99.6 Å². The number of aromatic nitrogens is 5. The van der Waals surface area contributed by atoms with E-state index in [1.165, 1.54) is 4.57 Å². The van der Waals surface area contributed by atoms with Gasteiger partial charge in [-0.15, -0.1) is 0 Å². The number of rotatable bonds is 4. The van der Waals surface area contributed by atoms with Gasteiger partial charge in [0.2, 0.25) is 0 Å². The number of nitrogens with two attached hydrogens (primary N) is 1. The number of benzene rings is 2. The Kier molecular flexibility index (Phi) is 4.68. The smallest absolute Gasteiger partial charge is 0.278 e. The molecule has 0 saturated carbocycles. The summed E-state index contributed by atoms with van der Waals surface area (Å²) in [5.41, 5.74) is 10.3. The Morgan fingerprint density at radius 2 is 1.58 bits per heavy atom. The Labute approximate surface area is 177 Å². The van der Waals surface area contributed by atoms with Gasteiger partial charge in [0.1, 0.15) is 11.2 Å². The van der Waals surface area contributed by atoms with Crippen LogP contribution in [0.3, 0.4) is 0 Å². The lowest BCUT2D eigenvalue weighted by molar-refractivity contribution is 0.929. The second kappa shape index (κ2) is 7.79. The van der Waals surface area contributed by atoms with Crippen LogP contribution in [-0.2, 0) is 6.42 Å². The van der Waals surface area contributed by atoms with Gasteiger partial charge >= 0.3 is 0 Å². The first kappa shape index (κ1) is 18.6. The third kappa shape index (κ3) is 3.42. The molecule has 0 radical (unpaired) electrons. The average molecular weight is 406 g/mol. The fourth-order valence-corrected chi connectivity index (χ4v) is 3.58. The summed E-state index contributed by atoms with van der Waals surface area (Å²) in [6, 6.07) is 20.6. The Hall–Kier alpha value is -4.39. The molecule has 0 aliphatic carbocycles. The predicted octanol–water partition coefficient (Wildman–Crippen LogP) is 3.41. The second-order valence-electron chi connectivity index (χ2n) is 7.02. The molecule has 0 bridgehead atoms. The van der Waals surface area contributed by atoms with Crippen LogP contribution in [0.25, 0.3) is 28.2 Å². The van der Waals surface area contributed by atoms with Crippen LogP contribution < -0.4 is 11.3 Å². The monoisotopic (exact) mass is 406 g/mol. The van der Waals surface area contributed by atoms with Crippen LogP contribution in [0.2, 0.25) is 0 Å². The Balaban J connectivity index is 1.75. The first-order valence-electron chi connectivity index (χ1n) is 9.79. The number of hydrogen-bond acceptors (Lipinski definition) is 6. The molecule has 0 spiro atoms. The Bertz CT molecular complexity index is 1430. The molecule has 7 heteroatoms. The largest absolute Gasteiger partial charge is 0.396 e. The van der Waals surface area contributed by atoms with Crippen LogP contribution in [0, 0.1) is 0 Å².